The van der Waals surface area contributed by atoms with Crippen LogP contribution >= 0.6 is 0 Å². The molecule has 4 heteroatoms. The van der Waals surface area contributed by atoms with Crippen molar-refractivity contribution in [1.82, 2.24) is 9.55 Å². The molecule has 0 bridgehead atoms. The summed E-state index contributed by atoms with van der Waals surface area (Å²) in [6.45, 7) is 6.09. The van der Waals surface area contributed by atoms with Crippen LogP contribution in [0.4, 0.5) is 0 Å². The Kier molecular flexibility index (Phi) is 6.86. The van der Waals surface area contributed by atoms with Gasteiger partial charge in [0.15, 0.2) is 0 Å². The van der Waals surface area contributed by atoms with Crippen molar-refractivity contribution in [3.8, 4) is 0 Å². The maximum Gasteiger partial charge on any atom is 0.0945 e. The molecule has 0 unspecified atom stereocenters. The number of ether oxygens (including phenoxy) is 2. The first-order chi connectivity index (χ1) is 7.43. The van der Waals surface area contributed by atoms with E-state index in [0.717, 1.165) is 32.6 Å². The van der Waals surface area contributed by atoms with E-state index in [9.17, 15) is 0 Å². The van der Waals surface area contributed by atoms with Crippen molar-refractivity contribution in [3.63, 3.8) is 0 Å². The third-order valence-electron chi connectivity index (χ3n) is 1.98. The summed E-state index contributed by atoms with van der Waals surface area (Å²) in [6.07, 6.45) is 7.67. The highest BCUT2D eigenvalue weighted by atomic mass is 16.5. The molecule has 1 rings (SSSR count). The first kappa shape index (κ1) is 12.2. The lowest BCUT2D eigenvalue weighted by Gasteiger charge is -2.05. The van der Waals surface area contributed by atoms with Crippen LogP contribution < -0.4 is 0 Å². The second kappa shape index (κ2) is 8.44. The Hall–Kier alpha value is -0.870. The molecule has 0 aliphatic carbocycles. The summed E-state index contributed by atoms with van der Waals surface area (Å²) in [7, 11) is 0. The molecular formula is C11H20N2O2. The van der Waals surface area contributed by atoms with Gasteiger partial charge in [0.25, 0.3) is 0 Å². The molecule has 86 valence electrons. The van der Waals surface area contributed by atoms with Gasteiger partial charge in [-0.1, -0.05) is 6.92 Å². The SMILES string of the molecule is CCCOCCOCCCn1ccnc1. The topological polar surface area (TPSA) is 36.3 Å². The van der Waals surface area contributed by atoms with Gasteiger partial charge in [-0.3, -0.25) is 0 Å². The molecule has 15 heavy (non-hydrogen) atoms. The average Bonchev–Trinajstić information content (AvgIpc) is 2.75. The highest BCUT2D eigenvalue weighted by molar-refractivity contribution is 4.73. The van der Waals surface area contributed by atoms with Gasteiger partial charge in [0.1, 0.15) is 0 Å². The van der Waals surface area contributed by atoms with Crippen molar-refractivity contribution in [2.75, 3.05) is 26.4 Å². The number of nitrogens with zero attached hydrogens (tertiary/aromatic N) is 2. The van der Waals surface area contributed by atoms with Gasteiger partial charge < -0.3 is 14.0 Å². The summed E-state index contributed by atoms with van der Waals surface area (Å²) >= 11 is 0. The van der Waals surface area contributed by atoms with Gasteiger partial charge in [-0.15, -0.1) is 0 Å². The Morgan fingerprint density at radius 2 is 1.93 bits per heavy atom. The molecular weight excluding hydrogens is 192 g/mol. The van der Waals surface area contributed by atoms with Crippen LogP contribution in [0.3, 0.4) is 0 Å². The minimum atomic E-state index is 0.698. The Labute approximate surface area is 91.2 Å². The van der Waals surface area contributed by atoms with Crippen LogP contribution in [0, 0.1) is 0 Å². The van der Waals surface area contributed by atoms with Gasteiger partial charge in [0.2, 0.25) is 0 Å². The van der Waals surface area contributed by atoms with Crippen LogP contribution in [0.15, 0.2) is 18.7 Å². The van der Waals surface area contributed by atoms with Crippen LogP contribution in [0.5, 0.6) is 0 Å². The van der Waals surface area contributed by atoms with E-state index in [2.05, 4.69) is 16.5 Å². The smallest absolute Gasteiger partial charge is 0.0945 e. The Morgan fingerprint density at radius 3 is 2.60 bits per heavy atom. The van der Waals surface area contributed by atoms with Crippen LogP contribution in [-0.2, 0) is 16.0 Å². The molecule has 0 N–H and O–H groups in total. The fourth-order valence-electron chi connectivity index (χ4n) is 1.23. The predicted molar refractivity (Wildman–Crippen MR) is 58.8 cm³/mol. The van der Waals surface area contributed by atoms with E-state index in [1.807, 2.05) is 12.5 Å². The first-order valence-electron chi connectivity index (χ1n) is 5.54. The van der Waals surface area contributed by atoms with E-state index < -0.39 is 0 Å². The van der Waals surface area contributed by atoms with Gasteiger partial charge >= 0.3 is 0 Å². The molecule has 0 saturated heterocycles. The average molecular weight is 212 g/mol. The summed E-state index contributed by atoms with van der Waals surface area (Å²) in [5.74, 6) is 0. The largest absolute Gasteiger partial charge is 0.379 e. The van der Waals surface area contributed by atoms with Crippen molar-refractivity contribution < 1.29 is 9.47 Å². The molecule has 0 atom stereocenters. The molecule has 0 amide bonds. The molecule has 1 aromatic heterocycles. The third kappa shape index (κ3) is 6.25. The Morgan fingerprint density at radius 1 is 1.13 bits per heavy atom. The van der Waals surface area contributed by atoms with Crippen LogP contribution in [0.25, 0.3) is 0 Å². The fourth-order valence-corrected chi connectivity index (χ4v) is 1.23. The second-order valence-electron chi connectivity index (χ2n) is 3.38. The number of aryl methyl sites for hydroxylation is 1. The van der Waals surface area contributed by atoms with E-state index in [4.69, 9.17) is 9.47 Å². The van der Waals surface area contributed by atoms with Crippen LogP contribution in [0.2, 0.25) is 0 Å². The number of aromatic nitrogens is 2. The zero-order chi connectivity index (χ0) is 10.8. The lowest BCUT2D eigenvalue weighted by molar-refractivity contribution is 0.0461. The number of imidazole rings is 1. The fraction of sp³-hybridized carbons (Fsp3) is 0.727. The first-order valence-corrected chi connectivity index (χ1v) is 5.54. The molecule has 0 fully saturated rings. The summed E-state index contributed by atoms with van der Waals surface area (Å²) in [6, 6.07) is 0. The second-order valence-corrected chi connectivity index (χ2v) is 3.38. The molecule has 0 aliphatic heterocycles. The zero-order valence-corrected chi connectivity index (χ0v) is 9.39. The monoisotopic (exact) mass is 212 g/mol. The van der Waals surface area contributed by atoms with Crippen molar-refractivity contribution >= 4 is 0 Å². The standard InChI is InChI=1S/C11H20N2O2/c1-2-7-14-9-10-15-8-3-5-13-6-4-12-11-13/h4,6,11H,2-3,5,7-10H2,1H3. The molecule has 0 aliphatic rings. The van der Waals surface area contributed by atoms with E-state index in [0.29, 0.717) is 13.2 Å². The summed E-state index contributed by atoms with van der Waals surface area (Å²) in [4.78, 5) is 3.97. The Bertz CT molecular complexity index is 225. The van der Waals surface area contributed by atoms with Gasteiger partial charge in [0.05, 0.1) is 19.5 Å². The lowest BCUT2D eigenvalue weighted by atomic mass is 10.4. The highest BCUT2D eigenvalue weighted by Gasteiger charge is 1.91. The normalized spacial score (nSPS) is 10.7. The van der Waals surface area contributed by atoms with Gasteiger partial charge in [-0.25, -0.2) is 4.98 Å². The van der Waals surface area contributed by atoms with Crippen molar-refractivity contribution in [2.24, 2.45) is 0 Å². The molecule has 1 aromatic rings. The predicted octanol–water partition coefficient (Wildman–Crippen LogP) is 1.72. The molecule has 0 spiro atoms. The van der Waals surface area contributed by atoms with E-state index in [1.165, 1.54) is 0 Å². The van der Waals surface area contributed by atoms with E-state index >= 15 is 0 Å². The summed E-state index contributed by atoms with van der Waals surface area (Å²) < 4.78 is 12.8. The van der Waals surface area contributed by atoms with Crippen molar-refractivity contribution in [1.29, 1.82) is 0 Å². The number of rotatable bonds is 9. The van der Waals surface area contributed by atoms with E-state index in [1.54, 1.807) is 6.20 Å². The number of hydrogen-bond donors (Lipinski definition) is 0. The summed E-state index contributed by atoms with van der Waals surface area (Å²) in [5, 5.41) is 0. The number of hydrogen-bond acceptors (Lipinski definition) is 3. The lowest BCUT2D eigenvalue weighted by Crippen LogP contribution is -2.07. The van der Waals surface area contributed by atoms with Crippen molar-refractivity contribution in [2.45, 2.75) is 26.3 Å². The molecule has 1 heterocycles. The minimum Gasteiger partial charge on any atom is -0.379 e. The minimum absolute atomic E-state index is 0.698. The maximum absolute atomic E-state index is 5.42. The third-order valence-corrected chi connectivity index (χ3v) is 1.98. The van der Waals surface area contributed by atoms with Crippen LogP contribution in [0.1, 0.15) is 19.8 Å². The molecule has 0 saturated carbocycles. The van der Waals surface area contributed by atoms with Gasteiger partial charge in [-0.2, -0.15) is 0 Å². The zero-order valence-electron chi connectivity index (χ0n) is 9.39. The molecule has 0 radical (unpaired) electrons. The summed E-state index contributed by atoms with van der Waals surface area (Å²) in [5.41, 5.74) is 0. The quantitative estimate of drug-likeness (QED) is 0.585. The highest BCUT2D eigenvalue weighted by Crippen LogP contribution is 1.91. The Balaban J connectivity index is 1.81. The molecule has 0 aromatic carbocycles. The van der Waals surface area contributed by atoms with E-state index in [-0.39, 0.29) is 0 Å². The maximum atomic E-state index is 5.42. The van der Waals surface area contributed by atoms with Gasteiger partial charge in [-0.05, 0) is 12.8 Å². The van der Waals surface area contributed by atoms with Crippen molar-refractivity contribution in [3.05, 3.63) is 18.7 Å². The molecule has 4 nitrogen and oxygen atoms in total. The van der Waals surface area contributed by atoms with Crippen LogP contribution in [-0.4, -0.2) is 36.0 Å². The van der Waals surface area contributed by atoms with Gasteiger partial charge in [0, 0.05) is 32.2 Å².